The maximum absolute atomic E-state index is 12.1. The molecule has 0 saturated heterocycles. The van der Waals surface area contributed by atoms with E-state index in [0.717, 1.165) is 22.8 Å². The lowest BCUT2D eigenvalue weighted by molar-refractivity contribution is -0.116. The lowest BCUT2D eigenvalue weighted by Gasteiger charge is -2.34. The number of aromatic nitrogens is 2. The summed E-state index contributed by atoms with van der Waals surface area (Å²) in [4.78, 5) is 30.1. The van der Waals surface area contributed by atoms with E-state index in [1.165, 1.54) is 0 Å². The number of fused-ring (bicyclic) bond motifs is 1. The molecule has 7 heteroatoms. The number of ether oxygens (including phenoxy) is 1. The summed E-state index contributed by atoms with van der Waals surface area (Å²) in [6.07, 6.45) is 3.62. The topological polar surface area (TPSA) is 76.5 Å². The molecule has 7 nitrogen and oxygen atoms in total. The maximum atomic E-state index is 12.1. The Labute approximate surface area is 153 Å². The van der Waals surface area contributed by atoms with E-state index >= 15 is 0 Å². The van der Waals surface area contributed by atoms with Gasteiger partial charge in [-0.25, -0.2) is 9.78 Å². The zero-order valence-electron chi connectivity index (χ0n) is 15.5. The zero-order valence-corrected chi connectivity index (χ0v) is 15.5. The highest BCUT2D eigenvalue weighted by Gasteiger charge is 2.29. The van der Waals surface area contributed by atoms with Crippen molar-refractivity contribution in [1.29, 1.82) is 0 Å². The van der Waals surface area contributed by atoms with Crippen molar-refractivity contribution in [3.63, 3.8) is 0 Å². The van der Waals surface area contributed by atoms with Gasteiger partial charge in [0.2, 0.25) is 5.91 Å². The van der Waals surface area contributed by atoms with Gasteiger partial charge in [-0.15, -0.1) is 0 Å². The van der Waals surface area contributed by atoms with E-state index < -0.39 is 6.09 Å². The van der Waals surface area contributed by atoms with Gasteiger partial charge in [0.15, 0.2) is 0 Å². The molecule has 26 heavy (non-hydrogen) atoms. The molecule has 1 aliphatic heterocycles. The lowest BCUT2D eigenvalue weighted by atomic mass is 9.95. The fraction of sp³-hybridized carbons (Fsp3) is 0.421. The molecule has 0 spiro atoms. The van der Waals surface area contributed by atoms with E-state index in [0.29, 0.717) is 13.0 Å². The molecule has 2 aromatic rings. The van der Waals surface area contributed by atoms with Crippen molar-refractivity contribution in [2.45, 2.75) is 46.3 Å². The Kier molecular flexibility index (Phi) is 4.97. The molecule has 1 atom stereocenters. The van der Waals surface area contributed by atoms with Crippen molar-refractivity contribution in [3.8, 4) is 5.69 Å². The van der Waals surface area contributed by atoms with Gasteiger partial charge >= 0.3 is 6.09 Å². The van der Waals surface area contributed by atoms with Crippen LogP contribution in [0.15, 0.2) is 30.6 Å². The fourth-order valence-electron chi connectivity index (χ4n) is 3.27. The average molecular weight is 356 g/mol. The summed E-state index contributed by atoms with van der Waals surface area (Å²) in [7, 11) is 0. The van der Waals surface area contributed by atoms with Crippen LogP contribution in [0.25, 0.3) is 5.69 Å². The molecule has 1 aliphatic rings. The first kappa shape index (κ1) is 18.0. The smallest absolute Gasteiger partial charge is 0.407 e. The normalized spacial score (nSPS) is 16.3. The van der Waals surface area contributed by atoms with E-state index in [2.05, 4.69) is 10.3 Å². The third-order valence-corrected chi connectivity index (χ3v) is 4.44. The summed E-state index contributed by atoms with van der Waals surface area (Å²) in [5.41, 5.74) is 2.66. The van der Waals surface area contributed by atoms with Crippen LogP contribution in [0.3, 0.4) is 0 Å². The van der Waals surface area contributed by atoms with Crippen LogP contribution in [0.5, 0.6) is 0 Å². The molecule has 1 aromatic heterocycles. The van der Waals surface area contributed by atoms with Crippen molar-refractivity contribution in [1.82, 2.24) is 14.9 Å². The van der Waals surface area contributed by atoms with Crippen LogP contribution in [0.2, 0.25) is 0 Å². The number of benzene rings is 1. The monoisotopic (exact) mass is 356 g/mol. The second-order valence-corrected chi connectivity index (χ2v) is 6.70. The fourth-order valence-corrected chi connectivity index (χ4v) is 3.27. The summed E-state index contributed by atoms with van der Waals surface area (Å²) >= 11 is 0. The highest BCUT2D eigenvalue weighted by molar-refractivity contribution is 5.93. The lowest BCUT2D eigenvalue weighted by Crippen LogP contribution is -2.40. The van der Waals surface area contributed by atoms with Crippen molar-refractivity contribution in [2.75, 3.05) is 11.4 Å². The number of nitrogens with one attached hydrogen (secondary N) is 1. The first-order valence-corrected chi connectivity index (χ1v) is 8.76. The van der Waals surface area contributed by atoms with Gasteiger partial charge in [0.05, 0.1) is 12.1 Å². The van der Waals surface area contributed by atoms with Crippen LogP contribution in [-0.2, 0) is 9.53 Å². The molecule has 138 valence electrons. The van der Waals surface area contributed by atoms with Crippen LogP contribution in [0.1, 0.15) is 44.6 Å². The Hall–Kier alpha value is -2.83. The highest BCUT2D eigenvalue weighted by atomic mass is 16.6. The van der Waals surface area contributed by atoms with Crippen LogP contribution >= 0.6 is 0 Å². The van der Waals surface area contributed by atoms with Crippen molar-refractivity contribution in [3.05, 3.63) is 42.0 Å². The Morgan fingerprint density at radius 3 is 2.73 bits per heavy atom. The largest absolute Gasteiger partial charge is 0.447 e. The predicted molar refractivity (Wildman–Crippen MR) is 98.4 cm³/mol. The first-order valence-electron chi connectivity index (χ1n) is 8.76. The van der Waals surface area contributed by atoms with E-state index in [-0.39, 0.29) is 18.1 Å². The number of carbonyl (C=O) groups excluding carboxylic acids is 2. The van der Waals surface area contributed by atoms with Crippen molar-refractivity contribution >= 4 is 17.7 Å². The summed E-state index contributed by atoms with van der Waals surface area (Å²) in [6, 6.07) is 5.67. The minimum absolute atomic E-state index is 0.0129. The molecular weight excluding hydrogens is 332 g/mol. The van der Waals surface area contributed by atoms with Crippen molar-refractivity contribution in [2.24, 2.45) is 0 Å². The molecule has 0 radical (unpaired) electrons. The van der Waals surface area contributed by atoms with E-state index in [1.807, 2.05) is 49.7 Å². The second-order valence-electron chi connectivity index (χ2n) is 6.70. The summed E-state index contributed by atoms with van der Waals surface area (Å²) in [5, 5.41) is 2.93. The molecule has 1 aromatic carbocycles. The van der Waals surface area contributed by atoms with E-state index in [1.54, 1.807) is 18.0 Å². The van der Waals surface area contributed by atoms with Gasteiger partial charge in [-0.1, -0.05) is 0 Å². The average Bonchev–Trinajstić information content (AvgIpc) is 2.99. The van der Waals surface area contributed by atoms with Crippen LogP contribution in [-0.4, -0.2) is 34.2 Å². The molecular formula is C19H24N4O3. The number of nitrogens with zero attached hydrogens (tertiary/aromatic N) is 3. The van der Waals surface area contributed by atoms with Gasteiger partial charge in [0.1, 0.15) is 5.82 Å². The molecule has 0 bridgehead atoms. The quantitative estimate of drug-likeness (QED) is 0.917. The number of carbonyl (C=O) groups is 2. The zero-order chi connectivity index (χ0) is 18.8. The van der Waals surface area contributed by atoms with Gasteiger partial charge in [-0.3, -0.25) is 4.79 Å². The Bertz CT molecular complexity index is 828. The number of aryl methyl sites for hydroxylation is 1. The minimum Gasteiger partial charge on any atom is -0.447 e. The number of hydrogen-bond acceptors (Lipinski definition) is 4. The summed E-state index contributed by atoms with van der Waals surface area (Å²) < 4.78 is 7.19. The second kappa shape index (κ2) is 7.19. The number of alkyl carbamates (subject to hydrolysis) is 1. The Morgan fingerprint density at radius 1 is 1.35 bits per heavy atom. The molecule has 0 saturated carbocycles. The first-order chi connectivity index (χ1) is 12.4. The summed E-state index contributed by atoms with van der Waals surface area (Å²) in [6.45, 7) is 7.66. The van der Waals surface area contributed by atoms with Crippen LogP contribution in [0, 0.1) is 6.92 Å². The SMILES string of the molecule is CC(=O)N1CC[C@@H](NC(=O)OC(C)C)c2cc(-n3ccnc3C)ccc21. The summed E-state index contributed by atoms with van der Waals surface area (Å²) in [5.74, 6) is 0.855. The van der Waals surface area contributed by atoms with Crippen LogP contribution in [0.4, 0.5) is 10.5 Å². The molecule has 1 N–H and O–H groups in total. The van der Waals surface area contributed by atoms with Gasteiger partial charge in [-0.2, -0.15) is 0 Å². The number of anilines is 1. The van der Waals surface area contributed by atoms with Gasteiger partial charge < -0.3 is 19.5 Å². The minimum atomic E-state index is -0.448. The standard InChI is InChI=1S/C19H24N4O3/c1-12(2)26-19(25)21-17-7-9-23(14(4)24)18-6-5-15(11-16(17)18)22-10-8-20-13(22)3/h5-6,8,10-12,17H,7,9H2,1-4H3,(H,21,25)/t17-/m1/s1. The molecule has 0 fully saturated rings. The van der Waals surface area contributed by atoms with Crippen molar-refractivity contribution < 1.29 is 14.3 Å². The number of imidazole rings is 1. The predicted octanol–water partition coefficient (Wildman–Crippen LogP) is 3.11. The van der Waals surface area contributed by atoms with E-state index in [4.69, 9.17) is 4.74 Å². The van der Waals surface area contributed by atoms with Gasteiger partial charge in [0.25, 0.3) is 0 Å². The Morgan fingerprint density at radius 2 is 2.12 bits per heavy atom. The Balaban J connectivity index is 1.98. The molecule has 0 unspecified atom stereocenters. The maximum Gasteiger partial charge on any atom is 0.407 e. The molecule has 2 heterocycles. The number of rotatable bonds is 3. The molecule has 2 amide bonds. The van der Waals surface area contributed by atoms with Crippen LogP contribution < -0.4 is 10.2 Å². The van der Waals surface area contributed by atoms with E-state index in [9.17, 15) is 9.59 Å². The molecule has 3 rings (SSSR count). The third-order valence-electron chi connectivity index (χ3n) is 4.44. The highest BCUT2D eigenvalue weighted by Crippen LogP contribution is 2.35. The molecule has 0 aliphatic carbocycles. The number of hydrogen-bond donors (Lipinski definition) is 1. The number of amides is 2. The van der Waals surface area contributed by atoms with Gasteiger partial charge in [0, 0.05) is 42.8 Å². The van der Waals surface area contributed by atoms with Gasteiger partial charge in [-0.05, 0) is 45.4 Å². The third kappa shape index (κ3) is 3.56.